The fourth-order valence-corrected chi connectivity index (χ4v) is 6.55. The zero-order valence-corrected chi connectivity index (χ0v) is 20.4. The van der Waals surface area contributed by atoms with Gasteiger partial charge in [-0.25, -0.2) is 0 Å². The molecule has 0 amide bonds. The van der Waals surface area contributed by atoms with Crippen LogP contribution in [0.25, 0.3) is 0 Å². The van der Waals surface area contributed by atoms with Crippen molar-refractivity contribution < 1.29 is 22.2 Å². The molecule has 2 aliphatic carbocycles. The zero-order valence-electron chi connectivity index (χ0n) is 18.1. The number of hydrogen-bond acceptors (Lipinski definition) is 6. The van der Waals surface area contributed by atoms with Gasteiger partial charge in [0.15, 0.2) is 17.3 Å². The maximum Gasteiger partial charge on any atom is 0.339 e. The minimum Gasteiger partial charge on any atom is -0.376 e. The minimum atomic E-state index is -4.16. The van der Waals surface area contributed by atoms with Gasteiger partial charge in [-0.05, 0) is 55.5 Å². The molecule has 1 N–H and O–H groups in total. The van der Waals surface area contributed by atoms with Gasteiger partial charge in [-0.3, -0.25) is 9.59 Å². The summed E-state index contributed by atoms with van der Waals surface area (Å²) in [6.45, 7) is 0. The number of ketones is 2. The molecule has 0 spiro atoms. The van der Waals surface area contributed by atoms with Crippen LogP contribution in [0.1, 0.15) is 50.0 Å². The Morgan fingerprint density at radius 1 is 0.824 bits per heavy atom. The summed E-state index contributed by atoms with van der Waals surface area (Å²) in [6, 6.07) is 10.8. The SMILES string of the molecule is O=C1CCCC2=C1C(c1cc(Cl)c(OS(=O)(=O)c3ccccc3)c(Cl)c1)C1=C(CCCC1=O)N2. The Kier molecular flexibility index (Phi) is 6.04. The van der Waals surface area contributed by atoms with Crippen molar-refractivity contribution in [3.05, 3.63) is 80.6 Å². The lowest BCUT2D eigenvalue weighted by molar-refractivity contribution is -0.117. The monoisotopic (exact) mass is 517 g/mol. The van der Waals surface area contributed by atoms with Crippen molar-refractivity contribution >= 4 is 44.9 Å². The van der Waals surface area contributed by atoms with Crippen LogP contribution in [-0.2, 0) is 19.7 Å². The highest BCUT2D eigenvalue weighted by molar-refractivity contribution is 7.87. The standard InChI is InChI=1S/C25H21Cl2NO5S/c26-16-12-14(13-17(27)25(16)33-34(31,32)15-6-2-1-3-7-15)22-23-18(8-4-10-20(23)29)28-19-9-5-11-21(30)24(19)22/h1-3,6-7,12-13,22,28H,4-5,8-11H2. The van der Waals surface area contributed by atoms with Gasteiger partial charge in [-0.2, -0.15) is 8.42 Å². The van der Waals surface area contributed by atoms with Gasteiger partial charge in [-0.15, -0.1) is 0 Å². The highest BCUT2D eigenvalue weighted by Gasteiger charge is 2.40. The van der Waals surface area contributed by atoms with E-state index in [9.17, 15) is 18.0 Å². The molecule has 0 unspecified atom stereocenters. The number of hydrogen-bond donors (Lipinski definition) is 1. The Labute approximate surface area is 207 Å². The topological polar surface area (TPSA) is 89.5 Å². The van der Waals surface area contributed by atoms with Gasteiger partial charge in [0.05, 0.1) is 10.0 Å². The molecule has 2 aromatic carbocycles. The van der Waals surface area contributed by atoms with Crippen molar-refractivity contribution in [3.8, 4) is 5.75 Å². The van der Waals surface area contributed by atoms with E-state index in [-0.39, 0.29) is 32.3 Å². The first kappa shape index (κ1) is 23.1. The van der Waals surface area contributed by atoms with Gasteiger partial charge >= 0.3 is 10.1 Å². The number of dihydropyridines is 1. The van der Waals surface area contributed by atoms with Crippen molar-refractivity contribution in [2.24, 2.45) is 0 Å². The third kappa shape index (κ3) is 4.06. The van der Waals surface area contributed by atoms with E-state index in [0.717, 1.165) is 37.1 Å². The van der Waals surface area contributed by atoms with Crippen LogP contribution in [0.5, 0.6) is 5.75 Å². The molecule has 0 aromatic heterocycles. The molecule has 6 nitrogen and oxygen atoms in total. The average Bonchev–Trinajstić information content (AvgIpc) is 2.81. The highest BCUT2D eigenvalue weighted by Crippen LogP contribution is 2.47. The van der Waals surface area contributed by atoms with Crippen molar-refractivity contribution in [3.63, 3.8) is 0 Å². The van der Waals surface area contributed by atoms with E-state index in [1.54, 1.807) is 18.2 Å². The number of benzene rings is 2. The fraction of sp³-hybridized carbons (Fsp3) is 0.280. The van der Waals surface area contributed by atoms with Crippen molar-refractivity contribution in [1.82, 2.24) is 5.32 Å². The number of carbonyl (C=O) groups is 2. The summed E-state index contributed by atoms with van der Waals surface area (Å²) in [6.07, 6.45) is 3.76. The van der Waals surface area contributed by atoms with Crippen LogP contribution >= 0.6 is 23.2 Å². The summed E-state index contributed by atoms with van der Waals surface area (Å²) in [7, 11) is -4.16. The van der Waals surface area contributed by atoms with Crippen LogP contribution in [0, 0.1) is 0 Å². The normalized spacial score (nSPS) is 19.0. The molecule has 0 saturated carbocycles. The molecule has 0 atom stereocenters. The fourth-order valence-electron chi connectivity index (χ4n) is 4.89. The molecule has 0 fully saturated rings. The largest absolute Gasteiger partial charge is 0.376 e. The lowest BCUT2D eigenvalue weighted by Crippen LogP contribution is -2.36. The first-order valence-electron chi connectivity index (χ1n) is 11.0. The molecule has 5 rings (SSSR count). The highest BCUT2D eigenvalue weighted by atomic mass is 35.5. The summed E-state index contributed by atoms with van der Waals surface area (Å²) < 4.78 is 30.7. The molecule has 176 valence electrons. The molecule has 3 aliphatic rings. The molecule has 0 saturated heterocycles. The second-order valence-electron chi connectivity index (χ2n) is 8.56. The van der Waals surface area contributed by atoms with Crippen molar-refractivity contribution in [1.29, 1.82) is 0 Å². The number of nitrogens with one attached hydrogen (secondary N) is 1. The Hall–Kier alpha value is -2.61. The average molecular weight is 518 g/mol. The van der Waals surface area contributed by atoms with Gasteiger partial charge in [0.2, 0.25) is 0 Å². The molecule has 0 radical (unpaired) electrons. The lowest BCUT2D eigenvalue weighted by Gasteiger charge is -2.37. The molecule has 34 heavy (non-hydrogen) atoms. The summed E-state index contributed by atoms with van der Waals surface area (Å²) >= 11 is 13.0. The van der Waals surface area contributed by atoms with Crippen LogP contribution in [0.2, 0.25) is 10.0 Å². The minimum absolute atomic E-state index is 0.0112. The quantitative estimate of drug-likeness (QED) is 0.541. The number of halogens is 2. The third-order valence-corrected chi connectivity index (χ3v) is 8.17. The Bertz CT molecular complexity index is 1310. The maximum absolute atomic E-state index is 13.0. The lowest BCUT2D eigenvalue weighted by atomic mass is 9.71. The molecule has 0 bridgehead atoms. The number of carbonyl (C=O) groups excluding carboxylic acids is 2. The smallest absolute Gasteiger partial charge is 0.339 e. The zero-order chi connectivity index (χ0) is 24.0. The van der Waals surface area contributed by atoms with Crippen LogP contribution in [-0.4, -0.2) is 20.0 Å². The Morgan fingerprint density at radius 2 is 1.35 bits per heavy atom. The van der Waals surface area contributed by atoms with Gasteiger partial charge in [0.25, 0.3) is 0 Å². The summed E-state index contributed by atoms with van der Waals surface area (Å²) in [5, 5.41) is 3.32. The van der Waals surface area contributed by atoms with Gasteiger partial charge in [0, 0.05) is 41.3 Å². The maximum atomic E-state index is 13.0. The van der Waals surface area contributed by atoms with Gasteiger partial charge in [-0.1, -0.05) is 41.4 Å². The van der Waals surface area contributed by atoms with Crippen LogP contribution in [0.4, 0.5) is 0 Å². The second-order valence-corrected chi connectivity index (χ2v) is 10.9. The van der Waals surface area contributed by atoms with Crippen LogP contribution in [0.15, 0.2) is 69.9 Å². The summed E-state index contributed by atoms with van der Waals surface area (Å²) in [5.74, 6) is -0.814. The first-order valence-corrected chi connectivity index (χ1v) is 13.2. The second kappa shape index (κ2) is 8.87. The van der Waals surface area contributed by atoms with E-state index in [1.165, 1.54) is 24.3 Å². The van der Waals surface area contributed by atoms with Gasteiger partial charge in [0.1, 0.15) is 4.90 Å². The predicted molar refractivity (Wildman–Crippen MR) is 128 cm³/mol. The van der Waals surface area contributed by atoms with E-state index >= 15 is 0 Å². The number of allylic oxidation sites excluding steroid dienone is 4. The Balaban J connectivity index is 1.59. The first-order chi connectivity index (χ1) is 16.3. The molecule has 2 aromatic rings. The molecule has 9 heteroatoms. The van der Waals surface area contributed by atoms with Crippen molar-refractivity contribution in [2.75, 3.05) is 0 Å². The summed E-state index contributed by atoms with van der Waals surface area (Å²) in [4.78, 5) is 25.9. The van der Waals surface area contributed by atoms with E-state index in [2.05, 4.69) is 5.32 Å². The molecule has 1 heterocycles. The number of Topliss-reactive ketones (excluding diaryl/α,β-unsaturated/α-hetero) is 2. The molecular formula is C25H21Cl2NO5S. The van der Waals surface area contributed by atoms with Crippen LogP contribution in [0.3, 0.4) is 0 Å². The van der Waals surface area contributed by atoms with E-state index in [1.807, 2.05) is 0 Å². The van der Waals surface area contributed by atoms with E-state index < -0.39 is 16.0 Å². The molecular weight excluding hydrogens is 497 g/mol. The van der Waals surface area contributed by atoms with Crippen molar-refractivity contribution in [2.45, 2.75) is 49.3 Å². The van der Waals surface area contributed by atoms with Crippen LogP contribution < -0.4 is 9.50 Å². The van der Waals surface area contributed by atoms with E-state index in [4.69, 9.17) is 27.4 Å². The third-order valence-electron chi connectivity index (χ3n) is 6.37. The Morgan fingerprint density at radius 3 is 1.88 bits per heavy atom. The molecule has 1 aliphatic heterocycles. The van der Waals surface area contributed by atoms with E-state index in [0.29, 0.717) is 29.6 Å². The van der Waals surface area contributed by atoms with Gasteiger partial charge < -0.3 is 9.50 Å². The summed E-state index contributed by atoms with van der Waals surface area (Å²) in [5.41, 5.74) is 3.38. The number of rotatable bonds is 4. The predicted octanol–water partition coefficient (Wildman–Crippen LogP) is 5.46.